The van der Waals surface area contributed by atoms with Crippen molar-refractivity contribution in [3.63, 3.8) is 0 Å². The van der Waals surface area contributed by atoms with Gasteiger partial charge in [-0.25, -0.2) is 0 Å². The van der Waals surface area contributed by atoms with E-state index in [1.165, 1.54) is 5.56 Å². The molecule has 1 aromatic carbocycles. The van der Waals surface area contributed by atoms with Gasteiger partial charge >= 0.3 is 0 Å². The van der Waals surface area contributed by atoms with Crippen LogP contribution >= 0.6 is 74.7 Å². The molecule has 1 rings (SSSR count). The van der Waals surface area contributed by atoms with Crippen LogP contribution in [0.1, 0.15) is 26.3 Å². The first-order valence-electron chi connectivity index (χ1n) is 3.78. The van der Waals surface area contributed by atoms with Gasteiger partial charge in [-0.1, -0.05) is 45.5 Å². The van der Waals surface area contributed by atoms with Gasteiger partial charge in [-0.15, -0.1) is 62.0 Å². The van der Waals surface area contributed by atoms with Gasteiger partial charge in [0, 0.05) is 4.90 Å². The van der Waals surface area contributed by atoms with Crippen molar-refractivity contribution >= 4 is 74.7 Å². The van der Waals surface area contributed by atoms with Crippen LogP contribution in [-0.4, -0.2) is 0 Å². The van der Waals surface area contributed by atoms with E-state index in [0.717, 1.165) is 4.90 Å². The smallest absolute Gasteiger partial charge is 0.0377 e. The Hall–Kier alpha value is 0.890. The van der Waals surface area contributed by atoms with Gasteiger partial charge in [-0.05, 0) is 23.1 Å². The molecule has 0 heterocycles. The fourth-order valence-electron chi connectivity index (χ4n) is 0.955. The summed E-state index contributed by atoms with van der Waals surface area (Å²) in [5.74, 6) is 0. The molecule has 0 nitrogen and oxygen atoms in total. The van der Waals surface area contributed by atoms with Gasteiger partial charge in [0.2, 0.25) is 0 Å². The van der Waals surface area contributed by atoms with Crippen molar-refractivity contribution in [1.82, 2.24) is 0 Å². The summed E-state index contributed by atoms with van der Waals surface area (Å²) >= 11 is 4.99. The molecular weight excluding hydrogens is 329 g/mol. The molecule has 0 aliphatic carbocycles. The van der Waals surface area contributed by atoms with Crippen LogP contribution in [0.4, 0.5) is 0 Å². The first-order chi connectivity index (χ1) is 5.00. The molecule has 0 aliphatic rings. The third-order valence-electron chi connectivity index (χ3n) is 1.72. The standard InChI is InChI=1S/C10H13S.5ClH/c1-10(2,3)8-4-6-9(11)7-5-8;;;;;/h4-7H,1-3H3;5*1H. The second-order valence-electron chi connectivity index (χ2n) is 3.77. The van der Waals surface area contributed by atoms with Crippen LogP contribution in [0.2, 0.25) is 0 Å². The normalized spacial score (nSPS) is 7.94. The molecule has 0 N–H and O–H groups in total. The molecule has 0 unspecified atom stereocenters. The van der Waals surface area contributed by atoms with Gasteiger partial charge in [-0.2, -0.15) is 0 Å². The Bertz CT molecular complexity index is 242. The molecule has 16 heavy (non-hydrogen) atoms. The van der Waals surface area contributed by atoms with Gasteiger partial charge in [0.1, 0.15) is 0 Å². The Labute approximate surface area is 135 Å². The maximum absolute atomic E-state index is 4.99. The molecule has 1 radical (unpaired) electrons. The van der Waals surface area contributed by atoms with Crippen molar-refractivity contribution in [3.8, 4) is 0 Å². The third-order valence-corrected chi connectivity index (χ3v) is 1.99. The van der Waals surface area contributed by atoms with Crippen molar-refractivity contribution in [1.29, 1.82) is 0 Å². The van der Waals surface area contributed by atoms with Crippen molar-refractivity contribution in [2.45, 2.75) is 31.1 Å². The molecule has 0 amide bonds. The first kappa shape index (κ1) is 30.2. The largest absolute Gasteiger partial charge is 0.147 e. The zero-order valence-corrected chi connectivity index (χ0v) is 14.2. The Kier molecular flexibility index (Phi) is 23.3. The lowest BCUT2D eigenvalue weighted by atomic mass is 9.87. The van der Waals surface area contributed by atoms with Crippen LogP contribution < -0.4 is 0 Å². The number of hydrogen-bond donors (Lipinski definition) is 0. The highest BCUT2D eigenvalue weighted by Gasteiger charge is 2.12. The Morgan fingerprint density at radius 3 is 1.31 bits per heavy atom. The summed E-state index contributed by atoms with van der Waals surface area (Å²) in [6.07, 6.45) is 0. The summed E-state index contributed by atoms with van der Waals surface area (Å²) in [6.45, 7) is 6.60. The van der Waals surface area contributed by atoms with Crippen LogP contribution in [0.15, 0.2) is 29.2 Å². The van der Waals surface area contributed by atoms with Crippen molar-refractivity contribution in [2.75, 3.05) is 0 Å². The quantitative estimate of drug-likeness (QED) is 0.569. The molecule has 0 fully saturated rings. The molecule has 0 bridgehead atoms. The fourth-order valence-corrected chi connectivity index (χ4v) is 1.09. The summed E-state index contributed by atoms with van der Waals surface area (Å²) in [5, 5.41) is 0. The number of hydrogen-bond acceptors (Lipinski definition) is 0. The highest BCUT2D eigenvalue weighted by atomic mass is 35.5. The van der Waals surface area contributed by atoms with E-state index >= 15 is 0 Å². The predicted molar refractivity (Wildman–Crippen MR) is 87.2 cm³/mol. The maximum Gasteiger partial charge on any atom is 0.0377 e. The van der Waals surface area contributed by atoms with Crippen molar-refractivity contribution in [3.05, 3.63) is 29.8 Å². The van der Waals surface area contributed by atoms with Gasteiger partial charge in [0.15, 0.2) is 0 Å². The SMILES string of the molecule is CC(C)(C)c1ccc([S])cc1.Cl.Cl.Cl.Cl.Cl. The topological polar surface area (TPSA) is 0 Å². The van der Waals surface area contributed by atoms with Crippen LogP contribution in [0.3, 0.4) is 0 Å². The summed E-state index contributed by atoms with van der Waals surface area (Å²) in [4.78, 5) is 0.915. The molecule has 0 saturated carbocycles. The second-order valence-corrected chi connectivity index (χ2v) is 4.25. The lowest BCUT2D eigenvalue weighted by Crippen LogP contribution is -2.10. The number of halogens is 5. The molecule has 0 atom stereocenters. The Balaban J connectivity index is -0.0000000807. The minimum atomic E-state index is 0. The minimum absolute atomic E-state index is 0. The van der Waals surface area contributed by atoms with E-state index < -0.39 is 0 Å². The molecular formula is C10H18Cl5S. The van der Waals surface area contributed by atoms with E-state index in [1.54, 1.807) is 0 Å². The number of rotatable bonds is 0. The van der Waals surface area contributed by atoms with E-state index in [2.05, 4.69) is 32.9 Å². The van der Waals surface area contributed by atoms with Gasteiger partial charge in [0.25, 0.3) is 0 Å². The fraction of sp³-hybridized carbons (Fsp3) is 0.400. The first-order valence-corrected chi connectivity index (χ1v) is 4.18. The van der Waals surface area contributed by atoms with E-state index in [9.17, 15) is 0 Å². The van der Waals surface area contributed by atoms with Crippen LogP contribution in [0.5, 0.6) is 0 Å². The summed E-state index contributed by atoms with van der Waals surface area (Å²) in [5.41, 5.74) is 1.58. The van der Waals surface area contributed by atoms with Gasteiger partial charge in [0.05, 0.1) is 0 Å². The van der Waals surface area contributed by atoms with Crippen LogP contribution in [-0.2, 0) is 5.41 Å². The van der Waals surface area contributed by atoms with Crippen LogP contribution in [0.25, 0.3) is 0 Å². The highest BCUT2D eigenvalue weighted by Crippen LogP contribution is 2.22. The monoisotopic (exact) mass is 345 g/mol. The lowest BCUT2D eigenvalue weighted by molar-refractivity contribution is 0.590. The van der Waals surface area contributed by atoms with E-state index in [0.29, 0.717) is 0 Å². The Morgan fingerprint density at radius 2 is 1.06 bits per heavy atom. The van der Waals surface area contributed by atoms with E-state index in [-0.39, 0.29) is 67.5 Å². The van der Waals surface area contributed by atoms with E-state index in [1.807, 2.05) is 12.1 Å². The summed E-state index contributed by atoms with van der Waals surface area (Å²) in [6, 6.07) is 8.16. The highest BCUT2D eigenvalue weighted by molar-refractivity contribution is 7.80. The molecule has 99 valence electrons. The molecule has 0 aromatic heterocycles. The van der Waals surface area contributed by atoms with Crippen molar-refractivity contribution < 1.29 is 0 Å². The molecule has 0 aliphatic heterocycles. The zero-order valence-electron chi connectivity index (χ0n) is 9.26. The van der Waals surface area contributed by atoms with Crippen LogP contribution in [0, 0.1) is 0 Å². The molecule has 6 heteroatoms. The zero-order chi connectivity index (χ0) is 8.48. The van der Waals surface area contributed by atoms with Gasteiger partial charge in [-0.3, -0.25) is 0 Å². The molecule has 0 spiro atoms. The molecule has 1 aromatic rings. The maximum atomic E-state index is 4.99. The Morgan fingerprint density at radius 1 is 0.750 bits per heavy atom. The summed E-state index contributed by atoms with van der Waals surface area (Å²) in [7, 11) is 0. The molecule has 0 saturated heterocycles. The van der Waals surface area contributed by atoms with Crippen molar-refractivity contribution in [2.24, 2.45) is 0 Å². The van der Waals surface area contributed by atoms with E-state index in [4.69, 9.17) is 12.6 Å². The average molecular weight is 348 g/mol. The summed E-state index contributed by atoms with van der Waals surface area (Å²) < 4.78 is 0. The average Bonchev–Trinajstić information content (AvgIpc) is 1.86. The third kappa shape index (κ3) is 10.1. The van der Waals surface area contributed by atoms with Gasteiger partial charge < -0.3 is 0 Å². The minimum Gasteiger partial charge on any atom is -0.147 e. The lowest BCUT2D eigenvalue weighted by Gasteiger charge is -2.18. The number of benzene rings is 1. The predicted octanol–water partition coefficient (Wildman–Crippen LogP) is 5.65. The second kappa shape index (κ2) is 12.3.